The first kappa shape index (κ1) is 15.3. The molecule has 0 spiro atoms. The van der Waals surface area contributed by atoms with Gasteiger partial charge < -0.3 is 5.32 Å². The Balaban J connectivity index is 1.96. The molecule has 1 aliphatic heterocycles. The summed E-state index contributed by atoms with van der Waals surface area (Å²) in [6.45, 7) is 6.14. The van der Waals surface area contributed by atoms with E-state index in [1.54, 1.807) is 0 Å². The van der Waals surface area contributed by atoms with E-state index in [4.69, 9.17) is 0 Å². The molecule has 0 aromatic carbocycles. The molecule has 0 amide bonds. The van der Waals surface area contributed by atoms with Crippen molar-refractivity contribution in [3.63, 3.8) is 0 Å². The van der Waals surface area contributed by atoms with Crippen LogP contribution in [0.25, 0.3) is 0 Å². The second-order valence-corrected chi connectivity index (χ2v) is 6.64. The maximum absolute atomic E-state index is 3.32. The quantitative estimate of drug-likeness (QED) is 0.843. The summed E-state index contributed by atoms with van der Waals surface area (Å²) in [4.78, 5) is 5.44. The summed E-state index contributed by atoms with van der Waals surface area (Å²) in [5, 5.41) is 3.32. The molecule has 2 unspecified atom stereocenters. The Labute approximate surface area is 119 Å². The van der Waals surface area contributed by atoms with Crippen LogP contribution in [0, 0.1) is 0 Å². The number of nitrogens with one attached hydrogen (secondary N) is 1. The fourth-order valence-corrected chi connectivity index (χ4v) is 3.79. The SMILES string of the molecule is CNCCC1CN(C2CCCCC2)CCC(C)N1C. The Kier molecular flexibility index (Phi) is 6.11. The maximum Gasteiger partial charge on any atom is 0.0235 e. The van der Waals surface area contributed by atoms with Gasteiger partial charge in [0.1, 0.15) is 0 Å². The van der Waals surface area contributed by atoms with Gasteiger partial charge in [-0.3, -0.25) is 9.80 Å². The van der Waals surface area contributed by atoms with Gasteiger partial charge in [0.15, 0.2) is 0 Å². The highest BCUT2D eigenvalue weighted by Gasteiger charge is 2.30. The van der Waals surface area contributed by atoms with Crippen molar-refractivity contribution in [3.05, 3.63) is 0 Å². The monoisotopic (exact) mass is 267 g/mol. The second-order valence-electron chi connectivity index (χ2n) is 6.64. The minimum Gasteiger partial charge on any atom is -0.320 e. The molecule has 0 aromatic rings. The number of hydrogen-bond acceptors (Lipinski definition) is 3. The van der Waals surface area contributed by atoms with Crippen molar-refractivity contribution in [3.8, 4) is 0 Å². The first-order valence-electron chi connectivity index (χ1n) is 8.33. The van der Waals surface area contributed by atoms with E-state index < -0.39 is 0 Å². The van der Waals surface area contributed by atoms with E-state index in [0.29, 0.717) is 0 Å². The van der Waals surface area contributed by atoms with Gasteiger partial charge in [-0.05, 0) is 59.8 Å². The Bertz CT molecular complexity index is 250. The fraction of sp³-hybridized carbons (Fsp3) is 1.00. The van der Waals surface area contributed by atoms with Gasteiger partial charge in [0.2, 0.25) is 0 Å². The fourth-order valence-electron chi connectivity index (χ4n) is 3.79. The lowest BCUT2D eigenvalue weighted by Gasteiger charge is -2.36. The highest BCUT2D eigenvalue weighted by Crippen LogP contribution is 2.26. The van der Waals surface area contributed by atoms with E-state index in [0.717, 1.165) is 24.7 Å². The Hall–Kier alpha value is -0.120. The third kappa shape index (κ3) is 4.17. The number of rotatable bonds is 4. The molecule has 1 aliphatic carbocycles. The van der Waals surface area contributed by atoms with Crippen LogP contribution < -0.4 is 5.32 Å². The molecule has 1 saturated heterocycles. The number of nitrogens with zero attached hydrogens (tertiary/aromatic N) is 2. The van der Waals surface area contributed by atoms with Gasteiger partial charge in [0, 0.05) is 24.7 Å². The Morgan fingerprint density at radius 1 is 1.11 bits per heavy atom. The summed E-state index contributed by atoms with van der Waals surface area (Å²) < 4.78 is 0. The maximum atomic E-state index is 3.32. The molecule has 3 heteroatoms. The first-order chi connectivity index (χ1) is 9.22. The minimum absolute atomic E-state index is 0.729. The molecule has 0 bridgehead atoms. The molecule has 1 heterocycles. The lowest BCUT2D eigenvalue weighted by molar-refractivity contribution is 0.126. The van der Waals surface area contributed by atoms with Crippen molar-refractivity contribution in [1.82, 2.24) is 15.1 Å². The van der Waals surface area contributed by atoms with E-state index in [1.165, 1.54) is 58.0 Å². The summed E-state index contributed by atoms with van der Waals surface area (Å²) in [5.41, 5.74) is 0. The molecule has 3 nitrogen and oxygen atoms in total. The lowest BCUT2D eigenvalue weighted by Crippen LogP contribution is -2.45. The topological polar surface area (TPSA) is 18.5 Å². The van der Waals surface area contributed by atoms with E-state index in [9.17, 15) is 0 Å². The van der Waals surface area contributed by atoms with Crippen LogP contribution in [-0.4, -0.2) is 61.7 Å². The summed E-state index contributed by atoms with van der Waals surface area (Å²) in [5.74, 6) is 0. The largest absolute Gasteiger partial charge is 0.320 e. The summed E-state index contributed by atoms with van der Waals surface area (Å²) in [7, 11) is 4.40. The van der Waals surface area contributed by atoms with Crippen LogP contribution in [0.3, 0.4) is 0 Å². The summed E-state index contributed by atoms with van der Waals surface area (Å²) >= 11 is 0. The van der Waals surface area contributed by atoms with Crippen molar-refractivity contribution in [1.29, 1.82) is 0 Å². The van der Waals surface area contributed by atoms with Gasteiger partial charge in [0.25, 0.3) is 0 Å². The molecule has 112 valence electrons. The van der Waals surface area contributed by atoms with Crippen LogP contribution in [0.2, 0.25) is 0 Å². The molecule has 2 atom stereocenters. The van der Waals surface area contributed by atoms with Crippen molar-refractivity contribution in [2.45, 2.75) is 70.0 Å². The average Bonchev–Trinajstić information content (AvgIpc) is 2.59. The van der Waals surface area contributed by atoms with E-state index in [1.807, 2.05) is 0 Å². The zero-order valence-electron chi connectivity index (χ0n) is 13.2. The third-order valence-electron chi connectivity index (χ3n) is 5.37. The van der Waals surface area contributed by atoms with Crippen molar-refractivity contribution >= 4 is 0 Å². The van der Waals surface area contributed by atoms with E-state index >= 15 is 0 Å². The number of hydrogen-bond donors (Lipinski definition) is 1. The van der Waals surface area contributed by atoms with Crippen molar-refractivity contribution in [2.75, 3.05) is 33.7 Å². The predicted octanol–water partition coefficient (Wildman–Crippen LogP) is 2.32. The molecule has 2 rings (SSSR count). The van der Waals surface area contributed by atoms with Crippen LogP contribution in [0.1, 0.15) is 51.9 Å². The smallest absolute Gasteiger partial charge is 0.0235 e. The molecule has 2 aliphatic rings. The normalized spacial score (nSPS) is 32.4. The Morgan fingerprint density at radius 2 is 1.84 bits per heavy atom. The highest BCUT2D eigenvalue weighted by atomic mass is 15.3. The van der Waals surface area contributed by atoms with Crippen molar-refractivity contribution < 1.29 is 0 Å². The van der Waals surface area contributed by atoms with Crippen LogP contribution >= 0.6 is 0 Å². The van der Waals surface area contributed by atoms with Gasteiger partial charge in [-0.25, -0.2) is 0 Å². The van der Waals surface area contributed by atoms with Gasteiger partial charge >= 0.3 is 0 Å². The van der Waals surface area contributed by atoms with Crippen LogP contribution in [0.4, 0.5) is 0 Å². The molecular weight excluding hydrogens is 234 g/mol. The standard InChI is InChI=1S/C16H33N3/c1-14-10-12-19(15-7-5-4-6-8-15)13-16(18(14)3)9-11-17-2/h14-17H,4-13H2,1-3H3. The predicted molar refractivity (Wildman–Crippen MR) is 82.6 cm³/mol. The second kappa shape index (κ2) is 7.61. The van der Waals surface area contributed by atoms with Crippen LogP contribution in [-0.2, 0) is 0 Å². The first-order valence-corrected chi connectivity index (χ1v) is 8.33. The third-order valence-corrected chi connectivity index (χ3v) is 5.37. The van der Waals surface area contributed by atoms with E-state index in [2.05, 4.69) is 36.1 Å². The van der Waals surface area contributed by atoms with Crippen LogP contribution in [0.15, 0.2) is 0 Å². The summed E-state index contributed by atoms with van der Waals surface area (Å²) in [6.07, 6.45) is 9.86. The van der Waals surface area contributed by atoms with Crippen LogP contribution in [0.5, 0.6) is 0 Å². The molecule has 1 N–H and O–H groups in total. The Morgan fingerprint density at radius 3 is 2.53 bits per heavy atom. The highest BCUT2D eigenvalue weighted by molar-refractivity contribution is 4.86. The van der Waals surface area contributed by atoms with Gasteiger partial charge in [-0.2, -0.15) is 0 Å². The van der Waals surface area contributed by atoms with E-state index in [-0.39, 0.29) is 0 Å². The average molecular weight is 267 g/mol. The molecule has 0 radical (unpaired) electrons. The lowest BCUT2D eigenvalue weighted by atomic mass is 9.93. The molecular formula is C16H33N3. The van der Waals surface area contributed by atoms with Crippen molar-refractivity contribution in [2.24, 2.45) is 0 Å². The molecule has 0 aromatic heterocycles. The minimum atomic E-state index is 0.729. The van der Waals surface area contributed by atoms with Gasteiger partial charge in [-0.15, -0.1) is 0 Å². The zero-order valence-corrected chi connectivity index (χ0v) is 13.2. The van der Waals surface area contributed by atoms with Gasteiger partial charge in [0.05, 0.1) is 0 Å². The molecule has 19 heavy (non-hydrogen) atoms. The molecule has 2 fully saturated rings. The molecule has 1 saturated carbocycles. The number of likely N-dealkylation sites (N-methyl/N-ethyl adjacent to an activating group) is 1. The zero-order chi connectivity index (χ0) is 13.7. The van der Waals surface area contributed by atoms with Gasteiger partial charge in [-0.1, -0.05) is 19.3 Å². The summed E-state index contributed by atoms with van der Waals surface area (Å²) in [6, 6.07) is 2.34.